The molecule has 21 heavy (non-hydrogen) atoms. The van der Waals surface area contributed by atoms with Crippen LogP contribution in [0.3, 0.4) is 0 Å². The van der Waals surface area contributed by atoms with Gasteiger partial charge in [-0.1, -0.05) is 44.2 Å². The molecule has 4 atom stereocenters. The lowest BCUT2D eigenvalue weighted by Gasteiger charge is -2.59. The van der Waals surface area contributed by atoms with Crippen molar-refractivity contribution in [3.63, 3.8) is 0 Å². The highest BCUT2D eigenvalue weighted by Crippen LogP contribution is 2.50. The number of nitrogens with one attached hydrogen (secondary N) is 1. The van der Waals surface area contributed by atoms with E-state index in [1.807, 2.05) is 0 Å². The summed E-state index contributed by atoms with van der Waals surface area (Å²) in [5.74, 6) is 0.667. The van der Waals surface area contributed by atoms with Gasteiger partial charge in [0.15, 0.2) is 0 Å². The number of hydrogen-bond acceptors (Lipinski definition) is 3. The maximum absolute atomic E-state index is 6.62. The molecular formula is C18H28N2O. The number of rotatable bonds is 6. The van der Waals surface area contributed by atoms with Crippen LogP contribution in [-0.4, -0.2) is 30.8 Å². The van der Waals surface area contributed by atoms with Gasteiger partial charge in [0, 0.05) is 36.1 Å². The van der Waals surface area contributed by atoms with Crippen LogP contribution in [0.1, 0.15) is 45.1 Å². The van der Waals surface area contributed by atoms with Gasteiger partial charge >= 0.3 is 0 Å². The van der Waals surface area contributed by atoms with Crippen LogP contribution >= 0.6 is 0 Å². The summed E-state index contributed by atoms with van der Waals surface area (Å²) < 4.78 is 5.79. The predicted octanol–water partition coefficient (Wildman–Crippen LogP) is 2.66. The van der Waals surface area contributed by atoms with Crippen LogP contribution in [0.25, 0.3) is 0 Å². The molecule has 0 radical (unpaired) electrons. The summed E-state index contributed by atoms with van der Waals surface area (Å²) in [6.07, 6.45) is 2.50. The lowest BCUT2D eigenvalue weighted by Crippen LogP contribution is -2.73. The fourth-order valence-electron chi connectivity index (χ4n) is 3.61. The summed E-state index contributed by atoms with van der Waals surface area (Å²) in [5.41, 5.74) is 7.97. The first-order valence-electron chi connectivity index (χ1n) is 8.17. The van der Waals surface area contributed by atoms with Gasteiger partial charge in [-0.25, -0.2) is 0 Å². The molecule has 4 unspecified atom stereocenters. The van der Waals surface area contributed by atoms with E-state index in [1.165, 1.54) is 12.0 Å². The SMILES string of the molecule is CCOC1CC(N)(CNC2CC2c2ccccc2)C1(C)C. The maximum Gasteiger partial charge on any atom is 0.0662 e. The van der Waals surface area contributed by atoms with Crippen LogP contribution in [0.5, 0.6) is 0 Å². The van der Waals surface area contributed by atoms with E-state index in [0.29, 0.717) is 18.1 Å². The summed E-state index contributed by atoms with van der Waals surface area (Å²) in [7, 11) is 0. The van der Waals surface area contributed by atoms with Gasteiger partial charge in [0.25, 0.3) is 0 Å². The zero-order valence-electron chi connectivity index (χ0n) is 13.4. The highest BCUT2D eigenvalue weighted by atomic mass is 16.5. The molecule has 0 heterocycles. The standard InChI is InChI=1S/C18H28N2O/c1-4-21-16-11-18(19,17(16,2)3)12-20-15-10-14(15)13-8-6-5-7-9-13/h5-9,14-16,20H,4,10-12,19H2,1-3H3. The molecule has 0 spiro atoms. The summed E-state index contributed by atoms with van der Waals surface area (Å²) in [6.45, 7) is 8.19. The molecule has 1 aromatic carbocycles. The van der Waals surface area contributed by atoms with Crippen LogP contribution in [0.4, 0.5) is 0 Å². The third kappa shape index (κ3) is 2.63. The minimum Gasteiger partial charge on any atom is -0.378 e. The van der Waals surface area contributed by atoms with Crippen molar-refractivity contribution in [1.82, 2.24) is 5.32 Å². The topological polar surface area (TPSA) is 47.3 Å². The van der Waals surface area contributed by atoms with Crippen LogP contribution in [0.15, 0.2) is 30.3 Å². The molecule has 0 aliphatic heterocycles. The quantitative estimate of drug-likeness (QED) is 0.846. The summed E-state index contributed by atoms with van der Waals surface area (Å²) in [4.78, 5) is 0. The van der Waals surface area contributed by atoms with Crippen LogP contribution in [0, 0.1) is 5.41 Å². The van der Waals surface area contributed by atoms with Crippen molar-refractivity contribution in [2.45, 2.75) is 57.2 Å². The van der Waals surface area contributed by atoms with Gasteiger partial charge in [0.2, 0.25) is 0 Å². The van der Waals surface area contributed by atoms with Crippen molar-refractivity contribution in [2.75, 3.05) is 13.2 Å². The zero-order valence-corrected chi connectivity index (χ0v) is 13.4. The van der Waals surface area contributed by atoms with E-state index in [9.17, 15) is 0 Å². The fourth-order valence-corrected chi connectivity index (χ4v) is 3.61. The Labute approximate surface area is 128 Å². The van der Waals surface area contributed by atoms with Gasteiger partial charge in [-0.15, -0.1) is 0 Å². The Balaban J connectivity index is 1.51. The molecular weight excluding hydrogens is 260 g/mol. The molecule has 0 bridgehead atoms. The molecule has 0 amide bonds. The fraction of sp³-hybridized carbons (Fsp3) is 0.667. The van der Waals surface area contributed by atoms with E-state index < -0.39 is 0 Å². The Bertz CT molecular complexity index is 487. The molecule has 2 fully saturated rings. The first kappa shape index (κ1) is 15.0. The zero-order chi connectivity index (χ0) is 15.1. The van der Waals surface area contributed by atoms with Crippen molar-refractivity contribution in [3.05, 3.63) is 35.9 Å². The number of benzene rings is 1. The highest BCUT2D eigenvalue weighted by Gasteiger charge is 2.58. The minimum atomic E-state index is -0.142. The molecule has 3 heteroatoms. The molecule has 3 rings (SSSR count). The summed E-state index contributed by atoms with van der Waals surface area (Å²) in [6, 6.07) is 11.4. The monoisotopic (exact) mass is 288 g/mol. The van der Waals surface area contributed by atoms with Crippen molar-refractivity contribution >= 4 is 0 Å². The van der Waals surface area contributed by atoms with Crippen molar-refractivity contribution in [3.8, 4) is 0 Å². The summed E-state index contributed by atoms with van der Waals surface area (Å²) in [5, 5.41) is 3.69. The smallest absolute Gasteiger partial charge is 0.0662 e. The predicted molar refractivity (Wildman–Crippen MR) is 86.3 cm³/mol. The maximum atomic E-state index is 6.62. The third-order valence-electron chi connectivity index (χ3n) is 5.70. The van der Waals surface area contributed by atoms with Gasteiger partial charge < -0.3 is 15.8 Å². The Morgan fingerprint density at radius 3 is 2.62 bits per heavy atom. The van der Waals surface area contributed by atoms with E-state index in [4.69, 9.17) is 10.5 Å². The van der Waals surface area contributed by atoms with Gasteiger partial charge in [-0.3, -0.25) is 0 Å². The molecule has 2 aliphatic carbocycles. The lowest BCUT2D eigenvalue weighted by molar-refractivity contribution is -0.148. The molecule has 1 aromatic rings. The Morgan fingerprint density at radius 1 is 1.29 bits per heavy atom. The van der Waals surface area contributed by atoms with E-state index in [1.54, 1.807) is 0 Å². The van der Waals surface area contributed by atoms with E-state index >= 15 is 0 Å². The Morgan fingerprint density at radius 2 is 2.00 bits per heavy atom. The first-order chi connectivity index (χ1) is 9.98. The van der Waals surface area contributed by atoms with Gasteiger partial charge in [0.1, 0.15) is 0 Å². The van der Waals surface area contributed by atoms with E-state index in [0.717, 1.165) is 19.6 Å². The van der Waals surface area contributed by atoms with Gasteiger partial charge in [-0.05, 0) is 25.3 Å². The van der Waals surface area contributed by atoms with Crippen LogP contribution in [-0.2, 0) is 4.74 Å². The Hall–Kier alpha value is -0.900. The molecule has 3 N–H and O–H groups in total. The van der Waals surface area contributed by atoms with Crippen molar-refractivity contribution in [1.29, 1.82) is 0 Å². The third-order valence-corrected chi connectivity index (χ3v) is 5.70. The second-order valence-electron chi connectivity index (χ2n) is 7.27. The minimum absolute atomic E-state index is 0.0488. The molecule has 3 nitrogen and oxygen atoms in total. The van der Waals surface area contributed by atoms with Crippen molar-refractivity contribution in [2.24, 2.45) is 11.1 Å². The molecule has 116 valence electrons. The number of nitrogens with two attached hydrogens (primary N) is 1. The normalized spacial score (nSPS) is 37.0. The lowest BCUT2D eigenvalue weighted by atomic mass is 9.54. The second-order valence-corrected chi connectivity index (χ2v) is 7.27. The number of ether oxygens (including phenoxy) is 1. The second kappa shape index (κ2) is 5.38. The van der Waals surface area contributed by atoms with E-state index in [-0.39, 0.29) is 11.0 Å². The van der Waals surface area contributed by atoms with Crippen molar-refractivity contribution < 1.29 is 4.74 Å². The average Bonchev–Trinajstić information content (AvgIpc) is 3.25. The van der Waals surface area contributed by atoms with Gasteiger partial charge in [-0.2, -0.15) is 0 Å². The molecule has 2 aliphatic rings. The average molecular weight is 288 g/mol. The summed E-state index contributed by atoms with van der Waals surface area (Å²) >= 11 is 0. The Kier molecular flexibility index (Phi) is 3.85. The van der Waals surface area contributed by atoms with Gasteiger partial charge in [0.05, 0.1) is 6.10 Å². The van der Waals surface area contributed by atoms with Crippen LogP contribution in [0.2, 0.25) is 0 Å². The molecule has 0 saturated heterocycles. The largest absolute Gasteiger partial charge is 0.378 e. The highest BCUT2D eigenvalue weighted by molar-refractivity contribution is 5.28. The van der Waals surface area contributed by atoms with Crippen LogP contribution < -0.4 is 11.1 Å². The first-order valence-corrected chi connectivity index (χ1v) is 8.17. The molecule has 0 aromatic heterocycles. The van der Waals surface area contributed by atoms with E-state index in [2.05, 4.69) is 56.4 Å². The number of hydrogen-bond donors (Lipinski definition) is 2. The molecule has 2 saturated carbocycles.